The number of anilines is 1. The largest absolute Gasteiger partial charge is 0.325 e. The van der Waals surface area contributed by atoms with Crippen LogP contribution in [0.1, 0.15) is 17.8 Å². The van der Waals surface area contributed by atoms with Crippen molar-refractivity contribution in [2.45, 2.75) is 19.8 Å². The molecule has 1 aromatic heterocycles. The number of hydrogen-bond acceptors (Lipinski definition) is 6. The smallest absolute Gasteiger partial charge is 0.239 e. The number of benzene rings is 2. The van der Waals surface area contributed by atoms with Crippen molar-refractivity contribution in [3.05, 3.63) is 66.0 Å². The summed E-state index contributed by atoms with van der Waals surface area (Å²) >= 11 is 0. The highest BCUT2D eigenvalue weighted by Gasteiger charge is 2.17. The summed E-state index contributed by atoms with van der Waals surface area (Å²) in [5.74, 6) is -0.537. The lowest BCUT2D eigenvalue weighted by Crippen LogP contribution is -2.25. The second-order valence-corrected chi connectivity index (χ2v) is 8.60. The van der Waals surface area contributed by atoms with E-state index >= 15 is 0 Å². The lowest BCUT2D eigenvalue weighted by Gasteiger charge is -2.08. The minimum absolute atomic E-state index is 0.0286. The number of aryl methyl sites for hydroxylation is 2. The molecule has 3 aromatic rings. The number of tetrazole rings is 1. The standard InChI is InChI=1S/C19H21N5O3S/c1-15-21-22-23-24(15)18-11-5-10-17(13-18)20-19(25)14-28(26,27)12-6-9-16-7-3-2-4-8-16/h2-5,7-8,10-11,13H,6,9,12,14H2,1H3,(H,20,25). The molecule has 0 unspecified atom stereocenters. The molecule has 1 amide bonds. The molecule has 0 saturated carbocycles. The first-order valence-electron chi connectivity index (χ1n) is 8.82. The van der Waals surface area contributed by atoms with E-state index in [1.165, 1.54) is 4.68 Å². The van der Waals surface area contributed by atoms with Gasteiger partial charge in [-0.3, -0.25) is 4.79 Å². The monoisotopic (exact) mass is 399 g/mol. The van der Waals surface area contributed by atoms with Gasteiger partial charge >= 0.3 is 0 Å². The Labute approximate surface area is 163 Å². The van der Waals surface area contributed by atoms with Gasteiger partial charge in [-0.25, -0.2) is 8.42 Å². The summed E-state index contributed by atoms with van der Waals surface area (Å²) in [4.78, 5) is 12.2. The first kappa shape index (κ1) is 19.7. The van der Waals surface area contributed by atoms with Crippen LogP contribution in [0.15, 0.2) is 54.6 Å². The Kier molecular flexibility index (Phi) is 6.15. The Morgan fingerprint density at radius 2 is 1.89 bits per heavy atom. The molecule has 0 aliphatic heterocycles. The molecule has 0 radical (unpaired) electrons. The van der Waals surface area contributed by atoms with Gasteiger partial charge in [0.15, 0.2) is 15.7 Å². The quantitative estimate of drug-likeness (QED) is 0.620. The third-order valence-electron chi connectivity index (χ3n) is 4.11. The van der Waals surface area contributed by atoms with Crippen LogP contribution >= 0.6 is 0 Å². The first-order valence-corrected chi connectivity index (χ1v) is 10.6. The first-order chi connectivity index (χ1) is 13.4. The number of carbonyl (C=O) groups is 1. The zero-order valence-corrected chi connectivity index (χ0v) is 16.3. The van der Waals surface area contributed by atoms with Crippen LogP contribution in [-0.2, 0) is 21.1 Å². The van der Waals surface area contributed by atoms with Gasteiger partial charge in [0.2, 0.25) is 5.91 Å². The zero-order valence-electron chi connectivity index (χ0n) is 15.4. The van der Waals surface area contributed by atoms with E-state index in [0.29, 0.717) is 30.0 Å². The molecule has 28 heavy (non-hydrogen) atoms. The molecule has 3 rings (SSSR count). The van der Waals surface area contributed by atoms with Gasteiger partial charge in [0, 0.05) is 5.69 Å². The molecule has 0 spiro atoms. The van der Waals surface area contributed by atoms with Crippen molar-refractivity contribution < 1.29 is 13.2 Å². The molecule has 0 atom stereocenters. The van der Waals surface area contributed by atoms with Gasteiger partial charge in [-0.15, -0.1) is 5.10 Å². The highest BCUT2D eigenvalue weighted by Crippen LogP contribution is 2.15. The van der Waals surface area contributed by atoms with E-state index in [0.717, 1.165) is 5.56 Å². The van der Waals surface area contributed by atoms with Crippen molar-refractivity contribution in [3.63, 3.8) is 0 Å². The predicted molar refractivity (Wildman–Crippen MR) is 106 cm³/mol. The molecule has 0 fully saturated rings. The third-order valence-corrected chi connectivity index (χ3v) is 5.73. The number of nitrogens with zero attached hydrogens (tertiary/aromatic N) is 4. The number of carbonyl (C=O) groups excluding carboxylic acids is 1. The van der Waals surface area contributed by atoms with E-state index in [-0.39, 0.29) is 5.75 Å². The fourth-order valence-electron chi connectivity index (χ4n) is 2.80. The van der Waals surface area contributed by atoms with E-state index in [1.807, 2.05) is 30.3 Å². The molecule has 146 valence electrons. The summed E-state index contributed by atoms with van der Waals surface area (Å²) in [6.07, 6.45) is 1.14. The van der Waals surface area contributed by atoms with Gasteiger partial charge in [0.05, 0.1) is 11.4 Å². The molecule has 0 aliphatic carbocycles. The highest BCUT2D eigenvalue weighted by atomic mass is 32.2. The van der Waals surface area contributed by atoms with Gasteiger partial charge in [0.25, 0.3) is 0 Å². The molecular weight excluding hydrogens is 378 g/mol. The molecule has 0 saturated heterocycles. The van der Waals surface area contributed by atoms with Gasteiger partial charge in [-0.1, -0.05) is 36.4 Å². The van der Waals surface area contributed by atoms with E-state index in [9.17, 15) is 13.2 Å². The van der Waals surface area contributed by atoms with Crippen LogP contribution in [0, 0.1) is 6.92 Å². The number of hydrogen-bond donors (Lipinski definition) is 1. The molecule has 1 N–H and O–H groups in total. The molecule has 9 heteroatoms. The summed E-state index contributed by atoms with van der Waals surface area (Å²) in [5, 5.41) is 13.9. The lowest BCUT2D eigenvalue weighted by atomic mass is 10.1. The normalized spacial score (nSPS) is 11.3. The average molecular weight is 399 g/mol. The van der Waals surface area contributed by atoms with Crippen LogP contribution < -0.4 is 5.32 Å². The Morgan fingerprint density at radius 3 is 2.61 bits per heavy atom. The summed E-state index contributed by atoms with van der Waals surface area (Å²) < 4.78 is 26.0. The van der Waals surface area contributed by atoms with E-state index in [1.54, 1.807) is 31.2 Å². The van der Waals surface area contributed by atoms with Crippen molar-refractivity contribution >= 4 is 21.4 Å². The minimum Gasteiger partial charge on any atom is -0.325 e. The van der Waals surface area contributed by atoms with Gasteiger partial charge in [-0.05, 0) is 54.0 Å². The van der Waals surface area contributed by atoms with Gasteiger partial charge < -0.3 is 5.32 Å². The minimum atomic E-state index is -3.48. The maximum Gasteiger partial charge on any atom is 0.239 e. The maximum atomic E-state index is 12.2. The fraction of sp³-hybridized carbons (Fsp3) is 0.263. The lowest BCUT2D eigenvalue weighted by molar-refractivity contribution is -0.113. The van der Waals surface area contributed by atoms with Crippen molar-refractivity contribution in [2.24, 2.45) is 0 Å². The van der Waals surface area contributed by atoms with Gasteiger partial charge in [0.1, 0.15) is 5.75 Å². The Hall–Kier alpha value is -3.07. The molecular formula is C19H21N5O3S. The number of amides is 1. The van der Waals surface area contributed by atoms with Crippen molar-refractivity contribution in [3.8, 4) is 5.69 Å². The van der Waals surface area contributed by atoms with Crippen LogP contribution in [0.25, 0.3) is 5.69 Å². The van der Waals surface area contributed by atoms with E-state index < -0.39 is 21.5 Å². The Balaban J connectivity index is 1.55. The Morgan fingerprint density at radius 1 is 1.11 bits per heavy atom. The molecule has 2 aromatic carbocycles. The summed E-state index contributed by atoms with van der Waals surface area (Å²) in [7, 11) is -3.48. The molecule has 8 nitrogen and oxygen atoms in total. The summed E-state index contributed by atoms with van der Waals surface area (Å²) in [6, 6.07) is 16.6. The summed E-state index contributed by atoms with van der Waals surface area (Å²) in [5.41, 5.74) is 2.24. The van der Waals surface area contributed by atoms with Crippen LogP contribution in [0.3, 0.4) is 0 Å². The second-order valence-electron chi connectivity index (χ2n) is 6.42. The van der Waals surface area contributed by atoms with E-state index in [2.05, 4.69) is 20.8 Å². The molecule has 0 bridgehead atoms. The van der Waals surface area contributed by atoms with Crippen molar-refractivity contribution in [2.75, 3.05) is 16.8 Å². The summed E-state index contributed by atoms with van der Waals surface area (Å²) in [6.45, 7) is 1.76. The van der Waals surface area contributed by atoms with Gasteiger partial charge in [-0.2, -0.15) is 4.68 Å². The topological polar surface area (TPSA) is 107 Å². The predicted octanol–water partition coefficient (Wildman–Crippen LogP) is 1.96. The average Bonchev–Trinajstić information content (AvgIpc) is 3.08. The zero-order chi connectivity index (χ0) is 20.0. The van der Waals surface area contributed by atoms with E-state index in [4.69, 9.17) is 0 Å². The maximum absolute atomic E-state index is 12.2. The van der Waals surface area contributed by atoms with Crippen LogP contribution in [0.4, 0.5) is 5.69 Å². The van der Waals surface area contributed by atoms with Crippen LogP contribution in [0.5, 0.6) is 0 Å². The molecule has 1 heterocycles. The SMILES string of the molecule is Cc1nnnn1-c1cccc(NC(=O)CS(=O)(=O)CCCc2ccccc2)c1. The third kappa shape index (κ3) is 5.46. The highest BCUT2D eigenvalue weighted by molar-refractivity contribution is 7.92. The number of rotatable bonds is 8. The van der Waals surface area contributed by atoms with Crippen LogP contribution in [-0.4, -0.2) is 46.0 Å². The fourth-order valence-corrected chi connectivity index (χ4v) is 4.00. The van der Waals surface area contributed by atoms with Crippen molar-refractivity contribution in [1.29, 1.82) is 0 Å². The number of sulfone groups is 1. The van der Waals surface area contributed by atoms with Crippen molar-refractivity contribution in [1.82, 2.24) is 20.2 Å². The molecule has 0 aliphatic rings. The Bertz CT molecular complexity index is 1050. The number of nitrogens with one attached hydrogen (secondary N) is 1. The van der Waals surface area contributed by atoms with Crippen LogP contribution in [0.2, 0.25) is 0 Å². The number of aromatic nitrogens is 4. The second kappa shape index (κ2) is 8.75.